The molecule has 0 saturated carbocycles. The van der Waals surface area contributed by atoms with Gasteiger partial charge in [-0.25, -0.2) is 4.98 Å². The normalized spacial score (nSPS) is 11.2. The van der Waals surface area contributed by atoms with Crippen LogP contribution in [0.25, 0.3) is 5.65 Å². The number of rotatable bonds is 2. The second kappa shape index (κ2) is 3.62. The summed E-state index contributed by atoms with van der Waals surface area (Å²) in [7, 11) is 0. The molecular weight excluding hydrogens is 214 g/mol. The van der Waals surface area contributed by atoms with Gasteiger partial charge in [0.1, 0.15) is 5.65 Å². The Morgan fingerprint density at radius 1 is 1.53 bits per heavy atom. The van der Waals surface area contributed by atoms with Gasteiger partial charge in [0.25, 0.3) is 0 Å². The number of halogens is 1. The van der Waals surface area contributed by atoms with Gasteiger partial charge in [0.15, 0.2) is 0 Å². The Morgan fingerprint density at radius 3 is 2.87 bits per heavy atom. The van der Waals surface area contributed by atoms with Crippen molar-refractivity contribution in [2.24, 2.45) is 5.18 Å². The van der Waals surface area contributed by atoms with Crippen LogP contribution in [0.4, 0.5) is 5.82 Å². The standard InChI is InChI=1S/C10H10ClN3O/c1-6(2)9-10(13-15)14-4-3-7(11)5-8(14)12-9/h3-6H,1-2H3. The van der Waals surface area contributed by atoms with E-state index in [1.165, 1.54) is 0 Å². The molecule has 0 radical (unpaired) electrons. The van der Waals surface area contributed by atoms with Crippen LogP contribution in [0.1, 0.15) is 25.5 Å². The zero-order valence-corrected chi connectivity index (χ0v) is 9.19. The van der Waals surface area contributed by atoms with E-state index in [9.17, 15) is 4.91 Å². The van der Waals surface area contributed by atoms with Crippen LogP contribution in [0.15, 0.2) is 23.5 Å². The molecule has 4 nitrogen and oxygen atoms in total. The summed E-state index contributed by atoms with van der Waals surface area (Å²) >= 11 is 5.84. The minimum atomic E-state index is 0.163. The van der Waals surface area contributed by atoms with Crippen LogP contribution in [0.3, 0.4) is 0 Å². The number of hydrogen-bond donors (Lipinski definition) is 0. The first kappa shape index (κ1) is 10.1. The van der Waals surface area contributed by atoms with Crippen molar-refractivity contribution in [1.29, 1.82) is 0 Å². The molecule has 0 atom stereocenters. The number of nitroso groups, excluding NO2 is 1. The SMILES string of the molecule is CC(C)c1nc2cc(Cl)ccn2c1N=O. The molecule has 0 spiro atoms. The number of nitrogens with zero attached hydrogens (tertiary/aromatic N) is 3. The quantitative estimate of drug-likeness (QED) is 0.732. The Hall–Kier alpha value is -1.42. The molecule has 0 aromatic carbocycles. The van der Waals surface area contributed by atoms with E-state index in [4.69, 9.17) is 11.6 Å². The van der Waals surface area contributed by atoms with E-state index in [0.717, 1.165) is 0 Å². The van der Waals surface area contributed by atoms with E-state index in [-0.39, 0.29) is 5.92 Å². The first-order chi connectivity index (χ1) is 7.13. The minimum absolute atomic E-state index is 0.163. The highest BCUT2D eigenvalue weighted by molar-refractivity contribution is 6.30. The third-order valence-corrected chi connectivity index (χ3v) is 2.46. The smallest absolute Gasteiger partial charge is 0.205 e. The van der Waals surface area contributed by atoms with Crippen LogP contribution in [-0.4, -0.2) is 9.38 Å². The molecule has 0 saturated heterocycles. The molecule has 0 unspecified atom stereocenters. The first-order valence-corrected chi connectivity index (χ1v) is 5.02. The van der Waals surface area contributed by atoms with Crippen molar-refractivity contribution >= 4 is 23.1 Å². The van der Waals surface area contributed by atoms with Gasteiger partial charge in [0.2, 0.25) is 5.82 Å². The zero-order chi connectivity index (χ0) is 11.0. The molecule has 2 aromatic heterocycles. The lowest BCUT2D eigenvalue weighted by Crippen LogP contribution is -1.87. The molecule has 0 bridgehead atoms. The molecule has 0 aliphatic heterocycles. The summed E-state index contributed by atoms with van der Waals surface area (Å²) in [6.07, 6.45) is 1.70. The minimum Gasteiger partial charge on any atom is -0.281 e. The Balaban J connectivity index is 2.78. The van der Waals surface area contributed by atoms with Gasteiger partial charge in [0, 0.05) is 17.3 Å². The Morgan fingerprint density at radius 2 is 2.27 bits per heavy atom. The zero-order valence-electron chi connectivity index (χ0n) is 8.44. The molecule has 0 amide bonds. The summed E-state index contributed by atoms with van der Waals surface area (Å²) in [4.78, 5) is 15.1. The van der Waals surface area contributed by atoms with Crippen LogP contribution in [-0.2, 0) is 0 Å². The van der Waals surface area contributed by atoms with Crippen LogP contribution in [0.5, 0.6) is 0 Å². The van der Waals surface area contributed by atoms with Gasteiger partial charge in [-0.05, 0) is 17.2 Å². The van der Waals surface area contributed by atoms with Gasteiger partial charge in [-0.3, -0.25) is 4.40 Å². The van der Waals surface area contributed by atoms with Crippen molar-refractivity contribution < 1.29 is 0 Å². The maximum atomic E-state index is 10.7. The van der Waals surface area contributed by atoms with Crippen LogP contribution in [0.2, 0.25) is 5.02 Å². The van der Waals surface area contributed by atoms with Crippen LogP contribution >= 0.6 is 11.6 Å². The molecule has 0 fully saturated rings. The molecule has 78 valence electrons. The molecular formula is C10H10ClN3O. The van der Waals surface area contributed by atoms with Crippen molar-refractivity contribution in [3.05, 3.63) is 34.0 Å². The third kappa shape index (κ3) is 1.61. The molecule has 2 aromatic rings. The molecule has 5 heteroatoms. The highest BCUT2D eigenvalue weighted by Gasteiger charge is 2.15. The first-order valence-electron chi connectivity index (χ1n) is 4.64. The Labute approximate surface area is 91.9 Å². The van der Waals surface area contributed by atoms with Crippen LogP contribution in [0, 0.1) is 4.91 Å². The molecule has 0 N–H and O–H groups in total. The van der Waals surface area contributed by atoms with Gasteiger partial charge in [0.05, 0.1) is 5.69 Å². The summed E-state index contributed by atoms with van der Waals surface area (Å²) in [6.45, 7) is 3.94. The lowest BCUT2D eigenvalue weighted by molar-refractivity contribution is 0.834. The average Bonchev–Trinajstić information content (AvgIpc) is 2.55. The van der Waals surface area contributed by atoms with E-state index >= 15 is 0 Å². The van der Waals surface area contributed by atoms with E-state index in [1.54, 1.807) is 22.7 Å². The fourth-order valence-electron chi connectivity index (χ4n) is 1.50. The molecule has 2 rings (SSSR count). The molecule has 0 aliphatic rings. The van der Waals surface area contributed by atoms with Gasteiger partial charge in [-0.1, -0.05) is 25.4 Å². The maximum absolute atomic E-state index is 10.7. The number of fused-ring (bicyclic) bond motifs is 1. The second-order valence-corrected chi connectivity index (χ2v) is 4.08. The van der Waals surface area contributed by atoms with Crippen molar-refractivity contribution in [3.63, 3.8) is 0 Å². The Kier molecular flexibility index (Phi) is 2.44. The maximum Gasteiger partial charge on any atom is 0.205 e. The Bertz CT molecular complexity index is 519. The summed E-state index contributed by atoms with van der Waals surface area (Å²) in [5.74, 6) is 0.521. The van der Waals surface area contributed by atoms with Crippen LogP contribution < -0.4 is 0 Å². The molecule has 15 heavy (non-hydrogen) atoms. The van der Waals surface area contributed by atoms with E-state index in [0.29, 0.717) is 22.2 Å². The van der Waals surface area contributed by atoms with Gasteiger partial charge < -0.3 is 0 Å². The van der Waals surface area contributed by atoms with Crippen molar-refractivity contribution in [1.82, 2.24) is 9.38 Å². The lowest BCUT2D eigenvalue weighted by Gasteiger charge is -1.98. The average molecular weight is 224 g/mol. The van der Waals surface area contributed by atoms with Gasteiger partial charge >= 0.3 is 0 Å². The third-order valence-electron chi connectivity index (χ3n) is 2.22. The van der Waals surface area contributed by atoms with Gasteiger partial charge in [-0.15, -0.1) is 4.91 Å². The van der Waals surface area contributed by atoms with E-state index in [1.807, 2.05) is 13.8 Å². The summed E-state index contributed by atoms with van der Waals surface area (Å²) < 4.78 is 1.65. The van der Waals surface area contributed by atoms with Crippen molar-refractivity contribution in [2.75, 3.05) is 0 Å². The topological polar surface area (TPSA) is 46.7 Å². The predicted molar refractivity (Wildman–Crippen MR) is 59.7 cm³/mol. The van der Waals surface area contributed by atoms with E-state index in [2.05, 4.69) is 10.2 Å². The highest BCUT2D eigenvalue weighted by atomic mass is 35.5. The predicted octanol–water partition coefficient (Wildman–Crippen LogP) is 3.51. The molecule has 0 aliphatic carbocycles. The summed E-state index contributed by atoms with van der Waals surface area (Å²) in [6, 6.07) is 3.41. The number of aromatic nitrogens is 2. The molecule has 2 heterocycles. The summed E-state index contributed by atoms with van der Waals surface area (Å²) in [5.41, 5.74) is 1.35. The second-order valence-electron chi connectivity index (χ2n) is 3.64. The van der Waals surface area contributed by atoms with E-state index < -0.39 is 0 Å². The van der Waals surface area contributed by atoms with Gasteiger partial charge in [-0.2, -0.15) is 0 Å². The fourth-order valence-corrected chi connectivity index (χ4v) is 1.66. The number of hydrogen-bond acceptors (Lipinski definition) is 3. The lowest BCUT2D eigenvalue weighted by atomic mass is 10.1. The summed E-state index contributed by atoms with van der Waals surface area (Å²) in [5, 5.41) is 3.61. The number of pyridine rings is 1. The largest absolute Gasteiger partial charge is 0.281 e. The van der Waals surface area contributed by atoms with Crippen molar-refractivity contribution in [2.45, 2.75) is 19.8 Å². The van der Waals surface area contributed by atoms with Crippen molar-refractivity contribution in [3.8, 4) is 0 Å². The number of imidazole rings is 1. The monoisotopic (exact) mass is 223 g/mol. The highest BCUT2D eigenvalue weighted by Crippen LogP contribution is 2.28. The fraction of sp³-hybridized carbons (Fsp3) is 0.300.